The van der Waals surface area contributed by atoms with E-state index in [-0.39, 0.29) is 15.8 Å². The van der Waals surface area contributed by atoms with Crippen LogP contribution in [0.25, 0.3) is 0 Å². The maximum atomic E-state index is 11.3. The maximum absolute atomic E-state index is 11.3. The number of nitrogens with two attached hydrogens (primary N) is 1. The molecule has 1 aromatic rings. The minimum absolute atomic E-state index is 0.0135. The third kappa shape index (κ3) is 3.33. The normalized spacial score (nSPS) is 11.1. The van der Waals surface area contributed by atoms with E-state index in [1.54, 1.807) is 13.0 Å². The first-order valence-corrected chi connectivity index (χ1v) is 6.89. The van der Waals surface area contributed by atoms with Gasteiger partial charge in [-0.05, 0) is 25.1 Å². The molecule has 7 heteroatoms. The van der Waals surface area contributed by atoms with Gasteiger partial charge in [0.05, 0.1) is 16.5 Å². The highest BCUT2D eigenvalue weighted by Gasteiger charge is 2.10. The number of hydrogen-bond donors (Lipinski definition) is 2. The predicted octanol–water partition coefficient (Wildman–Crippen LogP) is 1.74. The van der Waals surface area contributed by atoms with Crippen LogP contribution < -0.4 is 10.5 Å². The number of nitrogens with one attached hydrogen (secondary N) is 1. The fraction of sp³-hybridized carbons (Fsp3) is 0.222. The van der Waals surface area contributed by atoms with E-state index >= 15 is 0 Å². The Morgan fingerprint density at radius 3 is 2.62 bits per heavy atom. The van der Waals surface area contributed by atoms with Crippen molar-refractivity contribution in [2.45, 2.75) is 6.92 Å². The van der Waals surface area contributed by atoms with Crippen LogP contribution >= 0.6 is 23.8 Å². The first-order chi connectivity index (χ1) is 7.35. The number of sulfonamides is 1. The number of rotatable bonds is 4. The lowest BCUT2D eigenvalue weighted by Crippen LogP contribution is -2.15. The zero-order valence-electron chi connectivity index (χ0n) is 8.53. The van der Waals surface area contributed by atoms with Gasteiger partial charge in [-0.1, -0.05) is 23.8 Å². The van der Waals surface area contributed by atoms with Crippen LogP contribution in [0.1, 0.15) is 12.5 Å². The molecular weight excluding hydrogens is 268 g/mol. The largest absolute Gasteiger partial charge is 0.389 e. The van der Waals surface area contributed by atoms with E-state index < -0.39 is 10.0 Å². The highest BCUT2D eigenvalue weighted by atomic mass is 35.5. The fourth-order valence-electron chi connectivity index (χ4n) is 0.991. The molecule has 88 valence electrons. The minimum Gasteiger partial charge on any atom is -0.389 e. The van der Waals surface area contributed by atoms with Crippen LogP contribution in [0.2, 0.25) is 5.02 Å². The summed E-state index contributed by atoms with van der Waals surface area (Å²) in [6.45, 7) is 1.54. The van der Waals surface area contributed by atoms with Crippen molar-refractivity contribution in [1.29, 1.82) is 0 Å². The summed E-state index contributed by atoms with van der Waals surface area (Å²) in [5, 5.41) is 0.266. The van der Waals surface area contributed by atoms with Crippen LogP contribution in [0.3, 0.4) is 0 Å². The van der Waals surface area contributed by atoms with Gasteiger partial charge < -0.3 is 5.73 Å². The molecule has 0 aliphatic heterocycles. The molecule has 0 atom stereocenters. The van der Waals surface area contributed by atoms with Gasteiger partial charge in [-0.25, -0.2) is 8.42 Å². The Bertz CT molecular complexity index is 514. The third-order valence-electron chi connectivity index (χ3n) is 1.90. The Hall–Kier alpha value is -0.850. The van der Waals surface area contributed by atoms with Gasteiger partial charge in [0.1, 0.15) is 4.99 Å². The van der Waals surface area contributed by atoms with Crippen LogP contribution in [0, 0.1) is 0 Å². The Balaban J connectivity index is 3.05. The molecule has 0 heterocycles. The van der Waals surface area contributed by atoms with Crippen molar-refractivity contribution in [3.63, 3.8) is 0 Å². The van der Waals surface area contributed by atoms with Crippen molar-refractivity contribution in [3.8, 4) is 0 Å². The molecule has 16 heavy (non-hydrogen) atoms. The molecule has 4 nitrogen and oxygen atoms in total. The monoisotopic (exact) mass is 278 g/mol. The highest BCUT2D eigenvalue weighted by molar-refractivity contribution is 7.92. The molecule has 0 bridgehead atoms. The summed E-state index contributed by atoms with van der Waals surface area (Å²) in [6.07, 6.45) is 0. The van der Waals surface area contributed by atoms with Gasteiger partial charge in [0, 0.05) is 5.56 Å². The summed E-state index contributed by atoms with van der Waals surface area (Å²) in [7, 11) is -3.33. The van der Waals surface area contributed by atoms with Crippen LogP contribution in [0.5, 0.6) is 0 Å². The average molecular weight is 279 g/mol. The Morgan fingerprint density at radius 2 is 2.19 bits per heavy atom. The number of hydrogen-bond acceptors (Lipinski definition) is 3. The molecule has 0 aliphatic rings. The zero-order valence-corrected chi connectivity index (χ0v) is 10.9. The Kier molecular flexibility index (Phi) is 4.12. The quantitative estimate of drug-likeness (QED) is 0.823. The summed E-state index contributed by atoms with van der Waals surface area (Å²) >= 11 is 10.7. The van der Waals surface area contributed by atoms with E-state index in [2.05, 4.69) is 4.72 Å². The Labute approximate surface area is 105 Å². The summed E-state index contributed by atoms with van der Waals surface area (Å²) < 4.78 is 25.0. The van der Waals surface area contributed by atoms with E-state index in [0.717, 1.165) is 0 Å². The minimum atomic E-state index is -3.33. The molecular formula is C9H11ClN2O2S2. The van der Waals surface area contributed by atoms with Gasteiger partial charge in [0.2, 0.25) is 10.0 Å². The molecule has 0 aliphatic carbocycles. The van der Waals surface area contributed by atoms with Gasteiger partial charge in [-0.3, -0.25) is 4.72 Å². The zero-order chi connectivity index (χ0) is 12.3. The van der Waals surface area contributed by atoms with Crippen molar-refractivity contribution in [2.24, 2.45) is 5.73 Å². The molecule has 0 radical (unpaired) electrons. The molecule has 0 saturated heterocycles. The number of thiocarbonyl (C=S) groups is 1. The van der Waals surface area contributed by atoms with Gasteiger partial charge in [0.15, 0.2) is 0 Å². The third-order valence-corrected chi connectivity index (χ3v) is 3.74. The summed E-state index contributed by atoms with van der Waals surface area (Å²) in [5.74, 6) is -0.0135. The summed E-state index contributed by atoms with van der Waals surface area (Å²) in [4.78, 5) is 0.215. The topological polar surface area (TPSA) is 72.2 Å². The molecule has 0 amide bonds. The van der Waals surface area contributed by atoms with E-state index in [4.69, 9.17) is 29.6 Å². The first kappa shape index (κ1) is 13.2. The van der Waals surface area contributed by atoms with Crippen molar-refractivity contribution in [1.82, 2.24) is 0 Å². The van der Waals surface area contributed by atoms with Crippen molar-refractivity contribution in [2.75, 3.05) is 10.5 Å². The van der Waals surface area contributed by atoms with Crippen LogP contribution in [0.4, 0.5) is 5.69 Å². The van der Waals surface area contributed by atoms with Gasteiger partial charge in [-0.15, -0.1) is 0 Å². The summed E-state index contributed by atoms with van der Waals surface area (Å²) in [6, 6.07) is 4.67. The lowest BCUT2D eigenvalue weighted by molar-refractivity contribution is 0.602. The van der Waals surface area contributed by atoms with Crippen LogP contribution in [0.15, 0.2) is 18.2 Å². The van der Waals surface area contributed by atoms with Crippen molar-refractivity contribution < 1.29 is 8.42 Å². The number of halogens is 1. The maximum Gasteiger partial charge on any atom is 0.232 e. The lowest BCUT2D eigenvalue weighted by atomic mass is 10.2. The molecule has 0 unspecified atom stereocenters. The molecule has 1 aromatic carbocycles. The molecule has 0 fully saturated rings. The molecule has 1 rings (SSSR count). The van der Waals surface area contributed by atoms with E-state index in [1.807, 2.05) is 0 Å². The van der Waals surface area contributed by atoms with E-state index in [9.17, 15) is 8.42 Å². The van der Waals surface area contributed by atoms with E-state index in [1.165, 1.54) is 12.1 Å². The Morgan fingerprint density at radius 1 is 1.56 bits per heavy atom. The van der Waals surface area contributed by atoms with Gasteiger partial charge in [0.25, 0.3) is 0 Å². The SMILES string of the molecule is CCS(=O)(=O)Nc1ccc(C(N)=S)cc1Cl. The van der Waals surface area contributed by atoms with Gasteiger partial charge >= 0.3 is 0 Å². The predicted molar refractivity (Wildman–Crippen MR) is 70.4 cm³/mol. The molecule has 3 N–H and O–H groups in total. The second-order valence-electron chi connectivity index (χ2n) is 3.06. The van der Waals surface area contributed by atoms with Crippen molar-refractivity contribution in [3.05, 3.63) is 28.8 Å². The number of benzene rings is 1. The molecule has 0 aromatic heterocycles. The molecule has 0 saturated carbocycles. The summed E-state index contributed by atoms with van der Waals surface area (Å²) in [5.41, 5.74) is 6.34. The second kappa shape index (κ2) is 4.99. The smallest absolute Gasteiger partial charge is 0.232 e. The highest BCUT2D eigenvalue weighted by Crippen LogP contribution is 2.24. The fourth-order valence-corrected chi connectivity index (χ4v) is 2.06. The lowest BCUT2D eigenvalue weighted by Gasteiger charge is -2.08. The van der Waals surface area contributed by atoms with Gasteiger partial charge in [-0.2, -0.15) is 0 Å². The first-order valence-electron chi connectivity index (χ1n) is 4.45. The van der Waals surface area contributed by atoms with Crippen LogP contribution in [-0.4, -0.2) is 19.2 Å². The van der Waals surface area contributed by atoms with Crippen molar-refractivity contribution >= 4 is 44.5 Å². The second-order valence-corrected chi connectivity index (χ2v) is 5.92. The number of anilines is 1. The molecule has 0 spiro atoms. The average Bonchev–Trinajstić information content (AvgIpc) is 2.20. The van der Waals surface area contributed by atoms with E-state index in [0.29, 0.717) is 11.3 Å². The van der Waals surface area contributed by atoms with Crippen LogP contribution in [-0.2, 0) is 10.0 Å². The standard InChI is InChI=1S/C9H11ClN2O2S2/c1-2-16(13,14)12-8-4-3-6(9(11)15)5-7(8)10/h3-5,12H,2H2,1H3,(H2,11,15).